The fraction of sp³-hybridized carbons (Fsp3) is 0. The standard InChI is InChI=1S/C45H28N4O/c1-3-13-29(14-4-1)31-17-11-18-32(27-31)44-46-43(30-15-5-2-6-16-30)47-45(48-44)36-21-12-24-41-42(36)37-28-33(25-26-40(37)50-41)49-38-22-9-7-19-34(38)35-20-8-10-23-39(35)49/h1-28H/i1D,3D,4D,13D,14D. The van der Waals surface area contributed by atoms with Crippen LogP contribution in [0.4, 0.5) is 0 Å². The first-order valence-electron chi connectivity index (χ1n) is 18.8. The van der Waals surface area contributed by atoms with Crippen LogP contribution in [0.5, 0.6) is 0 Å². The number of fused-ring (bicyclic) bond motifs is 6. The van der Waals surface area contributed by atoms with E-state index in [1.807, 2.05) is 60.7 Å². The number of hydrogen-bond donors (Lipinski definition) is 0. The molecule has 0 atom stereocenters. The summed E-state index contributed by atoms with van der Waals surface area (Å²) in [6.45, 7) is 0. The molecule has 234 valence electrons. The van der Waals surface area contributed by atoms with Crippen molar-refractivity contribution in [1.29, 1.82) is 0 Å². The summed E-state index contributed by atoms with van der Waals surface area (Å²) in [6.07, 6.45) is 0. The number of rotatable bonds is 5. The summed E-state index contributed by atoms with van der Waals surface area (Å²) in [6, 6.07) is 44.0. The lowest BCUT2D eigenvalue weighted by atomic mass is 10.0. The number of hydrogen-bond acceptors (Lipinski definition) is 4. The van der Waals surface area contributed by atoms with E-state index in [0.717, 1.165) is 44.2 Å². The molecule has 0 spiro atoms. The van der Waals surface area contributed by atoms with Crippen molar-refractivity contribution < 1.29 is 11.3 Å². The third-order valence-electron chi connectivity index (χ3n) is 9.13. The lowest BCUT2D eigenvalue weighted by Gasteiger charge is -2.11. The lowest BCUT2D eigenvalue weighted by Crippen LogP contribution is -2.00. The molecule has 0 radical (unpaired) electrons. The van der Waals surface area contributed by atoms with Crippen LogP contribution >= 0.6 is 0 Å². The molecule has 0 saturated heterocycles. The highest BCUT2D eigenvalue weighted by Crippen LogP contribution is 2.39. The summed E-state index contributed by atoms with van der Waals surface area (Å²) in [5, 5.41) is 4.14. The molecule has 0 aliphatic carbocycles. The summed E-state index contributed by atoms with van der Waals surface area (Å²) in [5.74, 6) is 1.27. The average molecular weight is 646 g/mol. The number of para-hydroxylation sites is 2. The lowest BCUT2D eigenvalue weighted by molar-refractivity contribution is 0.669. The molecule has 5 nitrogen and oxygen atoms in total. The SMILES string of the molecule is [2H]c1c([2H])c([2H])c(-c2cccc(-c3nc(-c4ccccc4)nc(-c4cccc5oc6ccc(-n7c8ccccc8c8ccccc87)cc6c45)n3)c2)c([2H])c1[2H]. The molecule has 0 aliphatic heterocycles. The predicted molar refractivity (Wildman–Crippen MR) is 203 cm³/mol. The van der Waals surface area contributed by atoms with E-state index in [1.165, 1.54) is 10.8 Å². The van der Waals surface area contributed by atoms with Gasteiger partial charge in [0.1, 0.15) is 11.2 Å². The van der Waals surface area contributed by atoms with Crippen LogP contribution < -0.4 is 0 Å². The summed E-state index contributed by atoms with van der Waals surface area (Å²) in [4.78, 5) is 15.0. The molecule has 10 aromatic rings. The van der Waals surface area contributed by atoms with E-state index < -0.39 is 18.1 Å². The molecule has 0 saturated carbocycles. The van der Waals surface area contributed by atoms with Crippen LogP contribution in [0.1, 0.15) is 6.85 Å². The van der Waals surface area contributed by atoms with Crippen LogP contribution in [-0.4, -0.2) is 19.5 Å². The summed E-state index contributed by atoms with van der Waals surface area (Å²) >= 11 is 0. The van der Waals surface area contributed by atoms with Crippen molar-refractivity contribution in [2.75, 3.05) is 0 Å². The molecule has 10 rings (SSSR count). The van der Waals surface area contributed by atoms with E-state index in [-0.39, 0.29) is 17.6 Å². The molecule has 0 N–H and O–H groups in total. The van der Waals surface area contributed by atoms with Gasteiger partial charge in [-0.1, -0.05) is 127 Å². The Bertz CT molecular complexity index is 3090. The average Bonchev–Trinajstić information content (AvgIpc) is 3.78. The van der Waals surface area contributed by atoms with Crippen LogP contribution in [0.15, 0.2) is 174 Å². The predicted octanol–water partition coefficient (Wildman–Crippen LogP) is 11.5. The first-order chi connectivity index (χ1) is 26.9. The van der Waals surface area contributed by atoms with Crippen molar-refractivity contribution in [2.24, 2.45) is 0 Å². The highest BCUT2D eigenvalue weighted by molar-refractivity contribution is 6.13. The number of benzene rings is 7. The highest BCUT2D eigenvalue weighted by Gasteiger charge is 2.19. The van der Waals surface area contributed by atoms with Gasteiger partial charge in [-0.15, -0.1) is 0 Å². The molecule has 5 heteroatoms. The van der Waals surface area contributed by atoms with Crippen LogP contribution in [0.2, 0.25) is 0 Å². The Morgan fingerprint density at radius 3 is 1.88 bits per heavy atom. The maximum Gasteiger partial charge on any atom is 0.164 e. The summed E-state index contributed by atoms with van der Waals surface area (Å²) in [7, 11) is 0. The van der Waals surface area contributed by atoms with Gasteiger partial charge in [0.2, 0.25) is 0 Å². The van der Waals surface area contributed by atoms with E-state index in [9.17, 15) is 0 Å². The van der Waals surface area contributed by atoms with E-state index in [0.29, 0.717) is 34.2 Å². The van der Waals surface area contributed by atoms with Gasteiger partial charge in [0, 0.05) is 43.9 Å². The van der Waals surface area contributed by atoms with Crippen LogP contribution in [0.3, 0.4) is 0 Å². The molecular weight excluding hydrogens is 613 g/mol. The van der Waals surface area contributed by atoms with Gasteiger partial charge in [-0.25, -0.2) is 15.0 Å². The van der Waals surface area contributed by atoms with Gasteiger partial charge in [-0.3, -0.25) is 0 Å². The molecular formula is C45H28N4O. The van der Waals surface area contributed by atoms with Crippen LogP contribution in [0.25, 0.3) is 94.7 Å². The van der Waals surface area contributed by atoms with Gasteiger partial charge in [0.15, 0.2) is 17.5 Å². The van der Waals surface area contributed by atoms with Gasteiger partial charge in [0.05, 0.1) is 17.9 Å². The fourth-order valence-electron chi connectivity index (χ4n) is 6.89. The van der Waals surface area contributed by atoms with Gasteiger partial charge < -0.3 is 8.98 Å². The van der Waals surface area contributed by atoms with Crippen molar-refractivity contribution in [3.05, 3.63) is 170 Å². The Morgan fingerprint density at radius 1 is 0.460 bits per heavy atom. The number of furan rings is 1. The third-order valence-corrected chi connectivity index (χ3v) is 9.13. The minimum Gasteiger partial charge on any atom is -0.456 e. The maximum atomic E-state index is 8.58. The van der Waals surface area contributed by atoms with Gasteiger partial charge in [-0.05, 0) is 53.6 Å². The normalized spacial score (nSPS) is 13.0. The van der Waals surface area contributed by atoms with Crippen molar-refractivity contribution in [2.45, 2.75) is 0 Å². The van der Waals surface area contributed by atoms with Crippen molar-refractivity contribution in [3.8, 4) is 51.0 Å². The smallest absolute Gasteiger partial charge is 0.164 e. The molecule has 0 fully saturated rings. The van der Waals surface area contributed by atoms with E-state index in [4.69, 9.17) is 26.2 Å². The molecule has 50 heavy (non-hydrogen) atoms. The quantitative estimate of drug-likeness (QED) is 0.187. The topological polar surface area (TPSA) is 56.7 Å². The van der Waals surface area contributed by atoms with E-state index in [1.54, 1.807) is 18.2 Å². The molecule has 3 heterocycles. The van der Waals surface area contributed by atoms with Crippen molar-refractivity contribution >= 4 is 43.7 Å². The van der Waals surface area contributed by atoms with Gasteiger partial charge in [-0.2, -0.15) is 0 Å². The first-order valence-corrected chi connectivity index (χ1v) is 16.3. The molecule has 0 unspecified atom stereocenters. The Kier molecular flexibility index (Phi) is 5.35. The zero-order chi connectivity index (χ0) is 37.4. The molecule has 7 aromatic carbocycles. The second-order valence-corrected chi connectivity index (χ2v) is 12.1. The van der Waals surface area contributed by atoms with Gasteiger partial charge >= 0.3 is 0 Å². The monoisotopic (exact) mass is 645 g/mol. The molecule has 0 bridgehead atoms. The third kappa shape index (κ3) is 4.60. The largest absolute Gasteiger partial charge is 0.456 e. The second-order valence-electron chi connectivity index (χ2n) is 12.1. The Morgan fingerprint density at radius 2 is 1.10 bits per heavy atom. The zero-order valence-corrected chi connectivity index (χ0v) is 26.5. The Labute approximate surface area is 294 Å². The second kappa shape index (κ2) is 11.4. The summed E-state index contributed by atoms with van der Waals surface area (Å²) < 4.78 is 50.4. The van der Waals surface area contributed by atoms with E-state index in [2.05, 4.69) is 65.2 Å². The van der Waals surface area contributed by atoms with Crippen LogP contribution in [-0.2, 0) is 0 Å². The van der Waals surface area contributed by atoms with Crippen molar-refractivity contribution in [1.82, 2.24) is 19.5 Å². The number of nitrogens with zero attached hydrogens (tertiary/aromatic N) is 4. The fourth-order valence-corrected chi connectivity index (χ4v) is 6.89. The minimum absolute atomic E-state index is 0.110. The minimum atomic E-state index is -0.437. The van der Waals surface area contributed by atoms with Gasteiger partial charge in [0.25, 0.3) is 0 Å². The molecule has 0 aliphatic rings. The number of aromatic nitrogens is 4. The molecule has 3 aromatic heterocycles. The van der Waals surface area contributed by atoms with E-state index >= 15 is 0 Å². The maximum absolute atomic E-state index is 8.58. The Balaban J connectivity index is 1.19. The zero-order valence-electron chi connectivity index (χ0n) is 31.5. The van der Waals surface area contributed by atoms with Crippen LogP contribution in [0, 0.1) is 0 Å². The van der Waals surface area contributed by atoms with Crippen molar-refractivity contribution in [3.63, 3.8) is 0 Å². The highest BCUT2D eigenvalue weighted by atomic mass is 16.3. The Hall–Kier alpha value is -6.85. The summed E-state index contributed by atoms with van der Waals surface area (Å²) in [5.41, 5.74) is 7.36. The molecule has 0 amide bonds. The first kappa shape index (κ1) is 23.5.